The van der Waals surface area contributed by atoms with Crippen LogP contribution in [-0.2, 0) is 14.3 Å². The van der Waals surface area contributed by atoms with Crippen LogP contribution in [0.4, 0.5) is 0 Å². The summed E-state index contributed by atoms with van der Waals surface area (Å²) in [5.74, 6) is -0.131. The topological polar surface area (TPSA) is 50.8 Å². The molecule has 0 aromatic rings. The molecule has 5 heteroatoms. The molecule has 21 heavy (non-hydrogen) atoms. The lowest BCUT2D eigenvalue weighted by Gasteiger charge is -2.34. The largest absolute Gasteiger partial charge is 0.465 e. The highest BCUT2D eigenvalue weighted by atomic mass is 16.5. The third-order valence-electron chi connectivity index (χ3n) is 4.14. The van der Waals surface area contributed by atoms with E-state index in [0.717, 1.165) is 38.8 Å². The number of hydrogen-bond acceptors (Lipinski definition) is 5. The van der Waals surface area contributed by atoms with Gasteiger partial charge in [-0.2, -0.15) is 0 Å². The molecule has 0 heterocycles. The Morgan fingerprint density at radius 3 is 2.67 bits per heavy atom. The van der Waals surface area contributed by atoms with Crippen molar-refractivity contribution in [3.05, 3.63) is 0 Å². The Bertz CT molecular complexity index is 321. The van der Waals surface area contributed by atoms with Crippen molar-refractivity contribution in [2.45, 2.75) is 64.1 Å². The van der Waals surface area contributed by atoms with Gasteiger partial charge >= 0.3 is 5.97 Å². The zero-order chi connectivity index (χ0) is 15.9. The average molecular weight is 300 g/mol. The first-order chi connectivity index (χ1) is 9.92. The van der Waals surface area contributed by atoms with Crippen molar-refractivity contribution in [2.24, 2.45) is 0 Å². The fourth-order valence-corrected chi connectivity index (χ4v) is 2.60. The van der Waals surface area contributed by atoms with Crippen LogP contribution in [0.5, 0.6) is 0 Å². The van der Waals surface area contributed by atoms with Gasteiger partial charge in [-0.1, -0.05) is 0 Å². The molecule has 1 aliphatic rings. The lowest BCUT2D eigenvalue weighted by molar-refractivity contribution is -0.151. The summed E-state index contributed by atoms with van der Waals surface area (Å²) in [6.45, 7) is 8.17. The second-order valence-electron chi connectivity index (χ2n) is 6.35. The fraction of sp³-hybridized carbons (Fsp3) is 0.938. The maximum absolute atomic E-state index is 12.3. The molecule has 0 radical (unpaired) electrons. The molecular weight excluding hydrogens is 268 g/mol. The van der Waals surface area contributed by atoms with Crippen molar-refractivity contribution in [3.63, 3.8) is 0 Å². The number of methoxy groups -OCH3 is 1. The molecule has 1 N–H and O–H groups in total. The Kier molecular flexibility index (Phi) is 7.63. The van der Waals surface area contributed by atoms with Crippen LogP contribution in [0.3, 0.4) is 0 Å². The Hall–Kier alpha value is -0.650. The first-order valence-corrected chi connectivity index (χ1v) is 8.07. The lowest BCUT2D eigenvalue weighted by atomic mass is 9.92. The molecule has 0 amide bonds. The molecule has 1 rings (SSSR count). The zero-order valence-corrected chi connectivity index (χ0v) is 14.3. The number of nitrogens with zero attached hydrogens (tertiary/aromatic N) is 1. The predicted molar refractivity (Wildman–Crippen MR) is 84.4 cm³/mol. The Morgan fingerprint density at radius 2 is 2.14 bits per heavy atom. The zero-order valence-electron chi connectivity index (χ0n) is 14.3. The highest BCUT2D eigenvalue weighted by Crippen LogP contribution is 2.26. The van der Waals surface area contributed by atoms with Crippen LogP contribution in [0, 0.1) is 0 Å². The Labute approximate surface area is 129 Å². The minimum absolute atomic E-state index is 0.131. The second-order valence-corrected chi connectivity index (χ2v) is 6.35. The summed E-state index contributed by atoms with van der Waals surface area (Å²) < 4.78 is 10.4. The lowest BCUT2D eigenvalue weighted by Crippen LogP contribution is -2.54. The summed E-state index contributed by atoms with van der Waals surface area (Å²) in [6, 6.07) is 0.785. The number of esters is 1. The average Bonchev–Trinajstić information content (AvgIpc) is 3.22. The summed E-state index contributed by atoms with van der Waals surface area (Å²) in [6.07, 6.45) is 4.08. The van der Waals surface area contributed by atoms with E-state index in [4.69, 9.17) is 9.47 Å². The van der Waals surface area contributed by atoms with Crippen molar-refractivity contribution in [1.82, 2.24) is 10.2 Å². The highest BCUT2D eigenvalue weighted by molar-refractivity contribution is 5.80. The molecule has 124 valence electrons. The molecule has 0 aromatic heterocycles. The fourth-order valence-electron chi connectivity index (χ4n) is 2.60. The summed E-state index contributed by atoms with van der Waals surface area (Å²) in [5, 5.41) is 3.48. The normalized spacial score (nSPS) is 19.3. The minimum atomic E-state index is -0.591. The van der Waals surface area contributed by atoms with Gasteiger partial charge in [0.15, 0.2) is 0 Å². The van der Waals surface area contributed by atoms with Crippen molar-refractivity contribution in [3.8, 4) is 0 Å². The molecule has 1 saturated carbocycles. The van der Waals surface area contributed by atoms with E-state index in [1.165, 1.54) is 0 Å². The third-order valence-corrected chi connectivity index (χ3v) is 4.14. The number of hydrogen-bond donors (Lipinski definition) is 1. The molecule has 0 saturated heterocycles. The maximum Gasteiger partial charge on any atom is 0.326 e. The van der Waals surface area contributed by atoms with Crippen LogP contribution < -0.4 is 5.32 Å². The van der Waals surface area contributed by atoms with Crippen LogP contribution in [-0.4, -0.2) is 62.4 Å². The van der Waals surface area contributed by atoms with E-state index < -0.39 is 5.54 Å². The van der Waals surface area contributed by atoms with Crippen molar-refractivity contribution < 1.29 is 14.3 Å². The third kappa shape index (κ3) is 6.32. The maximum atomic E-state index is 12.3. The van der Waals surface area contributed by atoms with Gasteiger partial charge in [0.25, 0.3) is 0 Å². The molecule has 5 nitrogen and oxygen atoms in total. The van der Waals surface area contributed by atoms with E-state index in [1.807, 2.05) is 13.8 Å². The number of carbonyl (C=O) groups is 1. The summed E-state index contributed by atoms with van der Waals surface area (Å²) in [5.41, 5.74) is -0.591. The van der Waals surface area contributed by atoms with Gasteiger partial charge in [0.2, 0.25) is 0 Å². The number of nitrogens with one attached hydrogen (secondary N) is 1. The number of ether oxygens (including phenoxy) is 2. The van der Waals surface area contributed by atoms with Crippen LogP contribution in [0.15, 0.2) is 0 Å². The quantitative estimate of drug-likeness (QED) is 0.466. The van der Waals surface area contributed by atoms with Gasteiger partial charge in [-0.3, -0.25) is 10.1 Å². The molecule has 0 aliphatic heterocycles. The molecule has 0 spiro atoms. The molecular formula is C16H32N2O3. The standard InChI is InChI=1S/C16H32N2O3/c1-6-21-15(19)16(3,17-14-8-9-14)12-13(2)18(4)10-7-11-20-5/h13-14,17H,6-12H2,1-5H3. The van der Waals surface area contributed by atoms with Crippen LogP contribution in [0.1, 0.15) is 46.5 Å². The van der Waals surface area contributed by atoms with E-state index in [0.29, 0.717) is 18.7 Å². The van der Waals surface area contributed by atoms with E-state index in [9.17, 15) is 4.79 Å². The molecule has 2 unspecified atom stereocenters. The monoisotopic (exact) mass is 300 g/mol. The van der Waals surface area contributed by atoms with Crippen LogP contribution >= 0.6 is 0 Å². The minimum Gasteiger partial charge on any atom is -0.465 e. The van der Waals surface area contributed by atoms with E-state index in [2.05, 4.69) is 24.2 Å². The molecule has 0 aromatic carbocycles. The first-order valence-electron chi connectivity index (χ1n) is 8.07. The number of rotatable bonds is 11. The Balaban J connectivity index is 2.55. The SMILES string of the molecule is CCOC(=O)C(C)(CC(C)N(C)CCCOC)NC1CC1. The second kappa shape index (κ2) is 8.71. The van der Waals surface area contributed by atoms with Crippen LogP contribution in [0.2, 0.25) is 0 Å². The van der Waals surface area contributed by atoms with Gasteiger partial charge < -0.3 is 14.4 Å². The van der Waals surface area contributed by atoms with Gasteiger partial charge in [-0.25, -0.2) is 0 Å². The van der Waals surface area contributed by atoms with Crippen molar-refractivity contribution >= 4 is 5.97 Å². The first kappa shape index (κ1) is 18.4. The van der Waals surface area contributed by atoms with E-state index >= 15 is 0 Å². The van der Waals surface area contributed by atoms with E-state index in [-0.39, 0.29) is 5.97 Å². The van der Waals surface area contributed by atoms with Gasteiger partial charge in [0, 0.05) is 32.3 Å². The summed E-state index contributed by atoms with van der Waals surface area (Å²) >= 11 is 0. The van der Waals surface area contributed by atoms with Gasteiger partial charge in [-0.05, 0) is 53.5 Å². The van der Waals surface area contributed by atoms with Crippen molar-refractivity contribution in [2.75, 3.05) is 33.9 Å². The van der Waals surface area contributed by atoms with Crippen molar-refractivity contribution in [1.29, 1.82) is 0 Å². The highest BCUT2D eigenvalue weighted by Gasteiger charge is 2.41. The summed E-state index contributed by atoms with van der Waals surface area (Å²) in [7, 11) is 3.82. The number of carbonyl (C=O) groups excluding carboxylic acids is 1. The van der Waals surface area contributed by atoms with E-state index in [1.54, 1.807) is 7.11 Å². The van der Waals surface area contributed by atoms with Crippen LogP contribution in [0.25, 0.3) is 0 Å². The summed E-state index contributed by atoms with van der Waals surface area (Å²) in [4.78, 5) is 14.6. The van der Waals surface area contributed by atoms with Gasteiger partial charge in [-0.15, -0.1) is 0 Å². The molecule has 1 aliphatic carbocycles. The smallest absolute Gasteiger partial charge is 0.326 e. The van der Waals surface area contributed by atoms with Gasteiger partial charge in [0.1, 0.15) is 5.54 Å². The predicted octanol–water partition coefficient (Wildman–Crippen LogP) is 1.81. The molecule has 2 atom stereocenters. The molecule has 0 bridgehead atoms. The molecule has 1 fully saturated rings. The van der Waals surface area contributed by atoms with Gasteiger partial charge in [0.05, 0.1) is 6.61 Å². The Morgan fingerprint density at radius 1 is 1.48 bits per heavy atom.